The van der Waals surface area contributed by atoms with Crippen molar-refractivity contribution in [2.75, 3.05) is 7.05 Å². The lowest BCUT2D eigenvalue weighted by Crippen LogP contribution is -2.29. The van der Waals surface area contributed by atoms with Gasteiger partial charge in [-0.3, -0.25) is 0 Å². The fourth-order valence-corrected chi connectivity index (χ4v) is 4.80. The van der Waals surface area contributed by atoms with Gasteiger partial charge in [-0.05, 0) is 53.5 Å². The Kier molecular flexibility index (Phi) is 3.81. The summed E-state index contributed by atoms with van der Waals surface area (Å²) in [4.78, 5) is 2.51. The molecule has 0 amide bonds. The third-order valence-electron chi connectivity index (χ3n) is 6.20. The number of allylic oxidation sites excluding steroid dienone is 9. The molecule has 2 atom stereocenters. The molecule has 5 rings (SSSR count). The number of nitrogens with zero attached hydrogens (tertiary/aromatic N) is 1. The summed E-state index contributed by atoms with van der Waals surface area (Å²) < 4.78 is 0. The Morgan fingerprint density at radius 2 is 1.85 bits per heavy atom. The van der Waals surface area contributed by atoms with E-state index in [1.54, 1.807) is 0 Å². The van der Waals surface area contributed by atoms with E-state index in [2.05, 4.69) is 84.8 Å². The van der Waals surface area contributed by atoms with E-state index < -0.39 is 0 Å². The van der Waals surface area contributed by atoms with Crippen molar-refractivity contribution in [3.63, 3.8) is 0 Å². The van der Waals surface area contributed by atoms with Gasteiger partial charge in [-0.25, -0.2) is 0 Å². The monoisotopic (exact) mass is 339 g/mol. The van der Waals surface area contributed by atoms with Crippen LogP contribution >= 0.6 is 0 Å². The van der Waals surface area contributed by atoms with Crippen LogP contribution in [0.2, 0.25) is 0 Å². The van der Waals surface area contributed by atoms with Crippen LogP contribution in [0.4, 0.5) is 0 Å². The molecule has 0 saturated carbocycles. The summed E-state index contributed by atoms with van der Waals surface area (Å²) in [5.74, 6) is 0.477. The zero-order valence-electron chi connectivity index (χ0n) is 15.4. The highest BCUT2D eigenvalue weighted by molar-refractivity contribution is 5.72. The van der Waals surface area contributed by atoms with Crippen molar-refractivity contribution in [2.45, 2.75) is 31.7 Å². The quantitative estimate of drug-likeness (QED) is 0.656. The summed E-state index contributed by atoms with van der Waals surface area (Å²) in [7, 11) is 2.27. The summed E-state index contributed by atoms with van der Waals surface area (Å²) >= 11 is 0. The van der Waals surface area contributed by atoms with Crippen LogP contribution in [-0.2, 0) is 0 Å². The molecule has 1 heteroatoms. The maximum absolute atomic E-state index is 2.51. The largest absolute Gasteiger partial charge is 0.370 e. The standard InChI is InChI=1S/C25H25N/c1-26-24-14-12-20(18-8-4-2-5-9-18)16-22(24)23-17-21(13-15-25(23)26)19-10-6-3-7-11-19/h2,4-6,8-11,13,15-17,23,25H,3,7,12,14H2,1H3. The maximum Gasteiger partial charge on any atom is 0.0574 e. The average molecular weight is 339 g/mol. The van der Waals surface area contributed by atoms with E-state index in [4.69, 9.17) is 0 Å². The van der Waals surface area contributed by atoms with E-state index in [0.717, 1.165) is 19.3 Å². The summed E-state index contributed by atoms with van der Waals surface area (Å²) in [5, 5.41) is 0. The number of rotatable bonds is 2. The Labute approximate surface area is 156 Å². The van der Waals surface area contributed by atoms with Crippen molar-refractivity contribution in [1.29, 1.82) is 0 Å². The Hall–Kier alpha value is -2.54. The minimum Gasteiger partial charge on any atom is -0.370 e. The molecular weight excluding hydrogens is 314 g/mol. The molecular formula is C25H25N. The molecule has 1 aromatic carbocycles. The van der Waals surface area contributed by atoms with Crippen molar-refractivity contribution in [1.82, 2.24) is 4.90 Å². The second-order valence-corrected chi connectivity index (χ2v) is 7.69. The second-order valence-electron chi connectivity index (χ2n) is 7.69. The fourth-order valence-electron chi connectivity index (χ4n) is 4.80. The molecule has 1 aromatic rings. The summed E-state index contributed by atoms with van der Waals surface area (Å²) in [6, 6.07) is 11.4. The van der Waals surface area contributed by atoms with Gasteiger partial charge in [-0.1, -0.05) is 72.9 Å². The predicted octanol–water partition coefficient (Wildman–Crippen LogP) is 5.82. The number of fused-ring (bicyclic) bond motifs is 2. The minimum absolute atomic E-state index is 0.475. The van der Waals surface area contributed by atoms with E-state index in [1.807, 2.05) is 0 Å². The first-order chi connectivity index (χ1) is 12.8. The first-order valence-corrected chi connectivity index (χ1v) is 9.80. The fraction of sp³-hybridized carbons (Fsp3) is 0.280. The Balaban J connectivity index is 1.53. The van der Waals surface area contributed by atoms with Crippen LogP contribution in [0.3, 0.4) is 0 Å². The van der Waals surface area contributed by atoms with Crippen LogP contribution in [0.25, 0.3) is 5.57 Å². The van der Waals surface area contributed by atoms with E-state index in [1.165, 1.54) is 40.0 Å². The zero-order chi connectivity index (χ0) is 17.5. The van der Waals surface area contributed by atoms with Crippen LogP contribution in [0, 0.1) is 5.92 Å². The minimum atomic E-state index is 0.475. The molecule has 130 valence electrons. The van der Waals surface area contributed by atoms with Crippen LogP contribution < -0.4 is 0 Å². The molecule has 2 unspecified atom stereocenters. The third kappa shape index (κ3) is 2.54. The van der Waals surface area contributed by atoms with Crippen molar-refractivity contribution in [3.05, 3.63) is 101 Å². The van der Waals surface area contributed by atoms with Gasteiger partial charge < -0.3 is 4.90 Å². The second kappa shape index (κ2) is 6.32. The van der Waals surface area contributed by atoms with Crippen molar-refractivity contribution >= 4 is 5.57 Å². The topological polar surface area (TPSA) is 3.24 Å². The van der Waals surface area contributed by atoms with Crippen LogP contribution in [0.5, 0.6) is 0 Å². The first kappa shape index (κ1) is 15.7. The number of likely N-dealkylation sites (N-methyl/N-ethyl adjacent to an activating group) is 1. The van der Waals surface area contributed by atoms with E-state index in [0.29, 0.717) is 12.0 Å². The summed E-state index contributed by atoms with van der Waals surface area (Å²) in [5.41, 5.74) is 8.72. The number of benzene rings is 1. The van der Waals surface area contributed by atoms with Gasteiger partial charge in [-0.2, -0.15) is 0 Å². The molecule has 26 heavy (non-hydrogen) atoms. The van der Waals surface area contributed by atoms with Gasteiger partial charge in [-0.15, -0.1) is 0 Å². The third-order valence-corrected chi connectivity index (χ3v) is 6.20. The average Bonchev–Trinajstić information content (AvgIpc) is 3.01. The van der Waals surface area contributed by atoms with Gasteiger partial charge in [0, 0.05) is 18.7 Å². The number of hydrogen-bond acceptors (Lipinski definition) is 1. The summed E-state index contributed by atoms with van der Waals surface area (Å²) in [6.07, 6.45) is 21.3. The lowest BCUT2D eigenvalue weighted by Gasteiger charge is -2.28. The van der Waals surface area contributed by atoms with Gasteiger partial charge >= 0.3 is 0 Å². The molecule has 0 aromatic heterocycles. The maximum atomic E-state index is 2.51. The lowest BCUT2D eigenvalue weighted by atomic mass is 9.82. The van der Waals surface area contributed by atoms with E-state index in [9.17, 15) is 0 Å². The normalized spacial score (nSPS) is 27.0. The Morgan fingerprint density at radius 3 is 2.65 bits per heavy atom. The van der Waals surface area contributed by atoms with Crippen LogP contribution in [-0.4, -0.2) is 18.0 Å². The van der Waals surface area contributed by atoms with Gasteiger partial charge in [0.2, 0.25) is 0 Å². The molecule has 0 radical (unpaired) electrons. The molecule has 0 N–H and O–H groups in total. The molecule has 1 nitrogen and oxygen atoms in total. The van der Waals surface area contributed by atoms with E-state index >= 15 is 0 Å². The van der Waals surface area contributed by atoms with Gasteiger partial charge in [0.25, 0.3) is 0 Å². The number of hydrogen-bond donors (Lipinski definition) is 0. The SMILES string of the molecule is CN1C2=C(C=C(c3ccccc3)CC2)C2C=C(C3=CCCC=C3)C=CC21. The van der Waals surface area contributed by atoms with Crippen molar-refractivity contribution in [3.8, 4) is 0 Å². The molecule has 4 aliphatic rings. The van der Waals surface area contributed by atoms with E-state index in [-0.39, 0.29) is 0 Å². The Morgan fingerprint density at radius 1 is 0.962 bits per heavy atom. The van der Waals surface area contributed by atoms with Gasteiger partial charge in [0.1, 0.15) is 0 Å². The molecule has 1 heterocycles. The molecule has 3 aliphatic carbocycles. The van der Waals surface area contributed by atoms with Crippen molar-refractivity contribution < 1.29 is 0 Å². The highest BCUT2D eigenvalue weighted by Crippen LogP contribution is 2.45. The van der Waals surface area contributed by atoms with Crippen LogP contribution in [0.15, 0.2) is 95.3 Å². The van der Waals surface area contributed by atoms with Gasteiger partial charge in [0.15, 0.2) is 0 Å². The highest BCUT2D eigenvalue weighted by Gasteiger charge is 2.38. The van der Waals surface area contributed by atoms with Crippen LogP contribution in [0.1, 0.15) is 31.2 Å². The molecule has 1 aliphatic heterocycles. The van der Waals surface area contributed by atoms with Gasteiger partial charge in [0.05, 0.1) is 6.04 Å². The summed E-state index contributed by atoms with van der Waals surface area (Å²) in [6.45, 7) is 0. The first-order valence-electron chi connectivity index (χ1n) is 9.80. The smallest absolute Gasteiger partial charge is 0.0574 e. The molecule has 0 saturated heterocycles. The predicted molar refractivity (Wildman–Crippen MR) is 109 cm³/mol. The lowest BCUT2D eigenvalue weighted by molar-refractivity contribution is 0.347. The zero-order valence-corrected chi connectivity index (χ0v) is 15.4. The molecule has 0 spiro atoms. The van der Waals surface area contributed by atoms with Crippen molar-refractivity contribution in [2.24, 2.45) is 5.92 Å². The molecule has 0 fully saturated rings. The highest BCUT2D eigenvalue weighted by atomic mass is 15.2. The molecule has 0 bridgehead atoms. The Bertz CT molecular complexity index is 905.